The molecule has 1 amide bonds. The number of halogens is 1. The fraction of sp³-hybridized carbons (Fsp3) is 0.0588. The molecule has 0 aliphatic rings. The first-order valence-corrected chi connectivity index (χ1v) is 7.61. The van der Waals surface area contributed by atoms with Crippen molar-refractivity contribution < 1.29 is 4.79 Å². The molecule has 1 aromatic carbocycles. The van der Waals surface area contributed by atoms with E-state index >= 15 is 0 Å². The van der Waals surface area contributed by atoms with Gasteiger partial charge < -0.3 is 15.6 Å². The Morgan fingerprint density at radius 2 is 2.00 bits per heavy atom. The average molecular weight is 370 g/mol. The lowest BCUT2D eigenvalue weighted by molar-refractivity contribution is 0.100. The Labute approximate surface area is 155 Å². The summed E-state index contributed by atoms with van der Waals surface area (Å²) in [5.41, 5.74) is 7.59. The molecule has 3 heterocycles. The number of para-hydroxylation sites is 1. The van der Waals surface area contributed by atoms with Crippen LogP contribution in [0.4, 0.5) is 11.6 Å². The lowest BCUT2D eigenvalue weighted by atomic mass is 10.2. The summed E-state index contributed by atoms with van der Waals surface area (Å²) in [6, 6.07) is 9.32. The van der Waals surface area contributed by atoms with E-state index in [9.17, 15) is 4.79 Å². The fourth-order valence-electron chi connectivity index (χ4n) is 2.72. The van der Waals surface area contributed by atoms with Gasteiger partial charge in [0.2, 0.25) is 5.95 Å². The molecule has 8 nitrogen and oxygen atoms in total. The van der Waals surface area contributed by atoms with E-state index in [0.29, 0.717) is 17.3 Å². The Morgan fingerprint density at radius 1 is 1.19 bits per heavy atom. The van der Waals surface area contributed by atoms with Gasteiger partial charge in [0.25, 0.3) is 5.91 Å². The SMILES string of the molecule is Cl.Cn1cc(Nc2nccc(-n3cc(C(N)=O)c4ccccc43)n2)cn1. The van der Waals surface area contributed by atoms with Crippen molar-refractivity contribution in [2.24, 2.45) is 12.8 Å². The number of nitrogens with one attached hydrogen (secondary N) is 1. The summed E-state index contributed by atoms with van der Waals surface area (Å²) in [5.74, 6) is 0.590. The molecule has 9 heteroatoms. The summed E-state index contributed by atoms with van der Waals surface area (Å²) >= 11 is 0. The van der Waals surface area contributed by atoms with E-state index in [1.165, 1.54) is 0 Å². The van der Waals surface area contributed by atoms with Crippen LogP contribution in [-0.4, -0.2) is 30.2 Å². The predicted octanol–water partition coefficient (Wildman–Crippen LogP) is 2.42. The predicted molar refractivity (Wildman–Crippen MR) is 101 cm³/mol. The van der Waals surface area contributed by atoms with Crippen LogP contribution in [-0.2, 0) is 7.05 Å². The standard InChI is InChI=1S/C17H15N7O.ClH/c1-23-9-11(8-20-23)21-17-19-7-6-15(22-17)24-10-13(16(18)25)12-4-2-3-5-14(12)24;/h2-10H,1H3,(H2,18,25)(H,19,21,22);1H. The number of benzene rings is 1. The maximum atomic E-state index is 11.7. The van der Waals surface area contributed by atoms with Crippen LogP contribution in [0.2, 0.25) is 0 Å². The number of carbonyl (C=O) groups excluding carboxylic acids is 1. The highest BCUT2D eigenvalue weighted by atomic mass is 35.5. The van der Waals surface area contributed by atoms with E-state index in [4.69, 9.17) is 5.73 Å². The number of carbonyl (C=O) groups is 1. The van der Waals surface area contributed by atoms with Crippen LogP contribution in [0.1, 0.15) is 10.4 Å². The molecule has 0 spiro atoms. The third-order valence-electron chi connectivity index (χ3n) is 3.83. The number of hydrogen-bond donors (Lipinski definition) is 2. The van der Waals surface area contributed by atoms with Crippen LogP contribution < -0.4 is 11.1 Å². The number of aryl methyl sites for hydroxylation is 1. The summed E-state index contributed by atoms with van der Waals surface area (Å²) in [4.78, 5) is 20.5. The lowest BCUT2D eigenvalue weighted by Gasteiger charge is -2.07. The minimum atomic E-state index is -0.474. The summed E-state index contributed by atoms with van der Waals surface area (Å²) in [6.07, 6.45) is 6.86. The molecule has 0 saturated heterocycles. The van der Waals surface area contributed by atoms with Crippen molar-refractivity contribution in [2.75, 3.05) is 5.32 Å². The highest BCUT2D eigenvalue weighted by molar-refractivity contribution is 6.06. The van der Waals surface area contributed by atoms with Crippen molar-refractivity contribution in [3.05, 3.63) is 60.7 Å². The zero-order valence-electron chi connectivity index (χ0n) is 13.8. The van der Waals surface area contributed by atoms with Crippen LogP contribution in [0.5, 0.6) is 0 Å². The number of aromatic nitrogens is 5. The third-order valence-corrected chi connectivity index (χ3v) is 3.83. The Kier molecular flexibility index (Phi) is 4.59. The number of fused-ring (bicyclic) bond motifs is 1. The highest BCUT2D eigenvalue weighted by Gasteiger charge is 2.14. The van der Waals surface area contributed by atoms with Crippen LogP contribution in [0, 0.1) is 0 Å². The molecule has 0 atom stereocenters. The molecular formula is C17H16ClN7O. The zero-order valence-corrected chi connectivity index (χ0v) is 14.6. The van der Waals surface area contributed by atoms with Gasteiger partial charge in [0, 0.05) is 31.0 Å². The summed E-state index contributed by atoms with van der Waals surface area (Å²) in [6.45, 7) is 0. The molecule has 0 aliphatic carbocycles. The van der Waals surface area contributed by atoms with Crippen LogP contribution >= 0.6 is 12.4 Å². The molecule has 0 bridgehead atoms. The molecule has 132 valence electrons. The number of nitrogens with two attached hydrogens (primary N) is 1. The molecule has 4 rings (SSSR count). The first-order chi connectivity index (χ1) is 12.1. The second-order valence-electron chi connectivity index (χ2n) is 5.56. The van der Waals surface area contributed by atoms with E-state index < -0.39 is 5.91 Å². The van der Waals surface area contributed by atoms with Crippen LogP contribution in [0.3, 0.4) is 0 Å². The van der Waals surface area contributed by atoms with Gasteiger partial charge in [0.05, 0.1) is 23.0 Å². The van der Waals surface area contributed by atoms with Gasteiger partial charge in [0.15, 0.2) is 0 Å². The lowest BCUT2D eigenvalue weighted by Crippen LogP contribution is -2.10. The summed E-state index contributed by atoms with van der Waals surface area (Å²) in [7, 11) is 1.83. The molecule has 4 aromatic rings. The van der Waals surface area contributed by atoms with Gasteiger partial charge in [-0.2, -0.15) is 10.1 Å². The molecule has 0 saturated carbocycles. The Balaban J connectivity index is 0.00000196. The molecule has 26 heavy (non-hydrogen) atoms. The second kappa shape index (κ2) is 6.85. The van der Waals surface area contributed by atoms with Gasteiger partial charge >= 0.3 is 0 Å². The maximum Gasteiger partial charge on any atom is 0.250 e. The van der Waals surface area contributed by atoms with Gasteiger partial charge in [-0.15, -0.1) is 12.4 Å². The van der Waals surface area contributed by atoms with Crippen molar-refractivity contribution in [2.45, 2.75) is 0 Å². The summed E-state index contributed by atoms with van der Waals surface area (Å²) < 4.78 is 3.51. The van der Waals surface area contributed by atoms with Crippen molar-refractivity contribution in [1.29, 1.82) is 0 Å². The minimum Gasteiger partial charge on any atom is -0.366 e. The van der Waals surface area contributed by atoms with E-state index in [1.807, 2.05) is 42.1 Å². The van der Waals surface area contributed by atoms with E-state index in [-0.39, 0.29) is 12.4 Å². The Hall–Kier alpha value is -3.39. The van der Waals surface area contributed by atoms with E-state index in [2.05, 4.69) is 20.4 Å². The molecule has 0 aliphatic heterocycles. The number of rotatable bonds is 4. The second-order valence-corrected chi connectivity index (χ2v) is 5.56. The van der Waals surface area contributed by atoms with Gasteiger partial charge in [-0.05, 0) is 12.1 Å². The Bertz CT molecular complexity index is 1090. The van der Waals surface area contributed by atoms with Crippen LogP contribution in [0.25, 0.3) is 16.7 Å². The maximum absolute atomic E-state index is 11.7. The number of nitrogens with zero attached hydrogens (tertiary/aromatic N) is 5. The van der Waals surface area contributed by atoms with E-state index in [0.717, 1.165) is 16.6 Å². The Morgan fingerprint density at radius 3 is 2.73 bits per heavy atom. The van der Waals surface area contributed by atoms with Crippen molar-refractivity contribution in [1.82, 2.24) is 24.3 Å². The number of hydrogen-bond acceptors (Lipinski definition) is 5. The average Bonchev–Trinajstić information content (AvgIpc) is 3.19. The van der Waals surface area contributed by atoms with Gasteiger partial charge in [0.1, 0.15) is 5.82 Å². The molecule has 3 aromatic heterocycles. The highest BCUT2D eigenvalue weighted by Crippen LogP contribution is 2.24. The quantitative estimate of drug-likeness (QED) is 0.575. The number of amides is 1. The number of anilines is 2. The third kappa shape index (κ3) is 3.09. The van der Waals surface area contributed by atoms with Gasteiger partial charge in [-0.25, -0.2) is 4.98 Å². The molecule has 0 fully saturated rings. The topological polar surface area (TPSA) is 104 Å². The molecule has 0 radical (unpaired) electrons. The van der Waals surface area contributed by atoms with Crippen molar-refractivity contribution >= 4 is 40.9 Å². The monoisotopic (exact) mass is 369 g/mol. The molecule has 0 unspecified atom stereocenters. The van der Waals surface area contributed by atoms with E-state index in [1.54, 1.807) is 29.3 Å². The number of primary amides is 1. The minimum absolute atomic E-state index is 0. The fourth-order valence-corrected chi connectivity index (χ4v) is 2.72. The zero-order chi connectivity index (χ0) is 17.4. The van der Waals surface area contributed by atoms with Gasteiger partial charge in [-0.1, -0.05) is 18.2 Å². The molecule has 3 N–H and O–H groups in total. The van der Waals surface area contributed by atoms with Gasteiger partial charge in [-0.3, -0.25) is 9.48 Å². The smallest absolute Gasteiger partial charge is 0.250 e. The largest absolute Gasteiger partial charge is 0.366 e. The normalized spacial score (nSPS) is 10.5. The van der Waals surface area contributed by atoms with Crippen molar-refractivity contribution in [3.63, 3.8) is 0 Å². The molecular weight excluding hydrogens is 354 g/mol. The van der Waals surface area contributed by atoms with Crippen molar-refractivity contribution in [3.8, 4) is 5.82 Å². The first kappa shape index (κ1) is 17.4. The first-order valence-electron chi connectivity index (χ1n) is 7.61. The van der Waals surface area contributed by atoms with Crippen LogP contribution in [0.15, 0.2) is 55.1 Å². The summed E-state index contributed by atoms with van der Waals surface area (Å²) in [5, 5.41) is 7.99.